The maximum atomic E-state index is 11.7. The molecule has 0 aliphatic heterocycles. The number of hydrogen-bond acceptors (Lipinski definition) is 4. The molecule has 1 aromatic rings. The molecule has 2 N–H and O–H groups in total. The molecule has 0 heterocycles. The van der Waals surface area contributed by atoms with Gasteiger partial charge in [0.1, 0.15) is 0 Å². The smallest absolute Gasteiger partial charge is 0.337 e. The Balaban J connectivity index is 2.70. The van der Waals surface area contributed by atoms with Gasteiger partial charge in [0.05, 0.1) is 12.7 Å². The van der Waals surface area contributed by atoms with Gasteiger partial charge in [-0.2, -0.15) is 13.1 Å². The second kappa shape index (κ2) is 6.53. The van der Waals surface area contributed by atoms with Gasteiger partial charge in [0.25, 0.3) is 10.2 Å². The number of hydrogen-bond donors (Lipinski definition) is 2. The third kappa shape index (κ3) is 5.27. The molecule has 6 nitrogen and oxygen atoms in total. The van der Waals surface area contributed by atoms with Crippen molar-refractivity contribution in [2.45, 2.75) is 13.8 Å². The molecule has 0 saturated carbocycles. The number of rotatable bonds is 6. The average Bonchev–Trinajstić information content (AvgIpc) is 2.36. The molecule has 106 valence electrons. The predicted octanol–water partition coefficient (Wildman–Crippen LogP) is 1.38. The summed E-state index contributed by atoms with van der Waals surface area (Å²) in [5.74, 6) is -0.245. The first-order valence-electron chi connectivity index (χ1n) is 5.80. The minimum Gasteiger partial charge on any atom is -0.465 e. The monoisotopic (exact) mass is 286 g/mol. The SMILES string of the molecule is COC(=O)c1ccc(NS(=O)(=O)NCC(C)C)cc1. The quantitative estimate of drug-likeness (QED) is 0.774. The van der Waals surface area contributed by atoms with E-state index in [2.05, 4.69) is 14.2 Å². The van der Waals surface area contributed by atoms with Crippen molar-refractivity contribution in [2.24, 2.45) is 5.92 Å². The predicted molar refractivity (Wildman–Crippen MR) is 73.2 cm³/mol. The highest BCUT2D eigenvalue weighted by molar-refractivity contribution is 7.90. The lowest BCUT2D eigenvalue weighted by molar-refractivity contribution is 0.0601. The van der Waals surface area contributed by atoms with E-state index < -0.39 is 16.2 Å². The maximum absolute atomic E-state index is 11.7. The van der Waals surface area contributed by atoms with Gasteiger partial charge in [-0.1, -0.05) is 13.8 Å². The normalized spacial score (nSPS) is 11.4. The largest absolute Gasteiger partial charge is 0.465 e. The van der Waals surface area contributed by atoms with Crippen molar-refractivity contribution < 1.29 is 17.9 Å². The second-order valence-electron chi connectivity index (χ2n) is 4.42. The zero-order valence-corrected chi connectivity index (χ0v) is 12.0. The first-order chi connectivity index (χ1) is 8.84. The Morgan fingerprint density at radius 3 is 2.32 bits per heavy atom. The topological polar surface area (TPSA) is 84.5 Å². The minimum atomic E-state index is -3.58. The van der Waals surface area contributed by atoms with Crippen LogP contribution in [0.4, 0.5) is 5.69 Å². The third-order valence-corrected chi connectivity index (χ3v) is 3.29. The van der Waals surface area contributed by atoms with Crippen molar-refractivity contribution in [2.75, 3.05) is 18.4 Å². The molecule has 0 aromatic heterocycles. The molecule has 19 heavy (non-hydrogen) atoms. The summed E-state index contributed by atoms with van der Waals surface area (Å²) in [4.78, 5) is 11.2. The summed E-state index contributed by atoms with van der Waals surface area (Å²) >= 11 is 0. The highest BCUT2D eigenvalue weighted by atomic mass is 32.2. The lowest BCUT2D eigenvalue weighted by Crippen LogP contribution is -2.32. The Hall–Kier alpha value is -1.60. The van der Waals surface area contributed by atoms with Crippen molar-refractivity contribution >= 4 is 21.9 Å². The van der Waals surface area contributed by atoms with Gasteiger partial charge in [-0.15, -0.1) is 0 Å². The van der Waals surface area contributed by atoms with Gasteiger partial charge in [0.2, 0.25) is 0 Å². The first kappa shape index (κ1) is 15.5. The zero-order valence-electron chi connectivity index (χ0n) is 11.1. The summed E-state index contributed by atoms with van der Waals surface area (Å²) in [6.45, 7) is 4.18. The van der Waals surface area contributed by atoms with Crippen LogP contribution in [-0.4, -0.2) is 28.0 Å². The number of esters is 1. The fraction of sp³-hybridized carbons (Fsp3) is 0.417. The van der Waals surface area contributed by atoms with Crippen molar-refractivity contribution in [1.29, 1.82) is 0 Å². The van der Waals surface area contributed by atoms with Crippen LogP contribution in [0.15, 0.2) is 24.3 Å². The summed E-state index contributed by atoms with van der Waals surface area (Å²) in [5, 5.41) is 0. The molecule has 0 bridgehead atoms. The fourth-order valence-corrected chi connectivity index (χ4v) is 2.33. The summed E-state index contributed by atoms with van der Waals surface area (Å²) in [6.07, 6.45) is 0. The highest BCUT2D eigenvalue weighted by Gasteiger charge is 2.11. The molecular weight excluding hydrogens is 268 g/mol. The van der Waals surface area contributed by atoms with E-state index in [1.807, 2.05) is 13.8 Å². The highest BCUT2D eigenvalue weighted by Crippen LogP contribution is 2.11. The minimum absolute atomic E-state index is 0.221. The lowest BCUT2D eigenvalue weighted by atomic mass is 10.2. The molecule has 0 fully saturated rings. The number of methoxy groups -OCH3 is 1. The van der Waals surface area contributed by atoms with E-state index in [9.17, 15) is 13.2 Å². The maximum Gasteiger partial charge on any atom is 0.337 e. The number of ether oxygens (including phenoxy) is 1. The molecule has 1 rings (SSSR count). The van der Waals surface area contributed by atoms with E-state index in [0.29, 0.717) is 17.8 Å². The molecule has 0 unspecified atom stereocenters. The van der Waals surface area contributed by atoms with Gasteiger partial charge < -0.3 is 4.74 Å². The van der Waals surface area contributed by atoms with Crippen LogP contribution in [-0.2, 0) is 14.9 Å². The molecule has 0 radical (unpaired) electrons. The van der Waals surface area contributed by atoms with Crippen LogP contribution < -0.4 is 9.44 Å². The summed E-state index contributed by atoms with van der Waals surface area (Å²) in [5.41, 5.74) is 0.740. The standard InChI is InChI=1S/C12H18N2O4S/c1-9(2)8-13-19(16,17)14-11-6-4-10(5-7-11)12(15)18-3/h4-7,9,13-14H,8H2,1-3H3. The third-order valence-electron chi connectivity index (χ3n) is 2.24. The Morgan fingerprint density at radius 1 is 1.26 bits per heavy atom. The van der Waals surface area contributed by atoms with E-state index >= 15 is 0 Å². The Kier molecular flexibility index (Phi) is 5.31. The van der Waals surface area contributed by atoms with Crippen LogP contribution in [0.1, 0.15) is 24.2 Å². The van der Waals surface area contributed by atoms with Gasteiger partial charge in [-0.25, -0.2) is 4.79 Å². The van der Waals surface area contributed by atoms with Crippen LogP contribution >= 0.6 is 0 Å². The average molecular weight is 286 g/mol. The van der Waals surface area contributed by atoms with Gasteiger partial charge in [-0.05, 0) is 30.2 Å². The van der Waals surface area contributed by atoms with Crippen LogP contribution in [0, 0.1) is 5.92 Å². The molecule has 1 aromatic carbocycles. The number of anilines is 1. The van der Waals surface area contributed by atoms with E-state index in [-0.39, 0.29) is 5.92 Å². The van der Waals surface area contributed by atoms with Crippen LogP contribution in [0.5, 0.6) is 0 Å². The first-order valence-corrected chi connectivity index (χ1v) is 7.28. The van der Waals surface area contributed by atoms with Gasteiger partial charge in [0, 0.05) is 12.2 Å². The van der Waals surface area contributed by atoms with Gasteiger partial charge in [0.15, 0.2) is 0 Å². The van der Waals surface area contributed by atoms with Crippen molar-refractivity contribution in [3.63, 3.8) is 0 Å². The van der Waals surface area contributed by atoms with E-state index in [0.717, 1.165) is 0 Å². The number of carbonyl (C=O) groups is 1. The van der Waals surface area contributed by atoms with Crippen LogP contribution in [0.3, 0.4) is 0 Å². The van der Waals surface area contributed by atoms with Crippen LogP contribution in [0.25, 0.3) is 0 Å². The van der Waals surface area contributed by atoms with E-state index in [1.165, 1.54) is 31.4 Å². The summed E-state index contributed by atoms with van der Waals surface area (Å²) < 4.78 is 32.7. The second-order valence-corrected chi connectivity index (χ2v) is 5.92. The van der Waals surface area contributed by atoms with E-state index in [1.54, 1.807) is 0 Å². The molecule has 0 atom stereocenters. The molecular formula is C12H18N2O4S. The van der Waals surface area contributed by atoms with Gasteiger partial charge >= 0.3 is 5.97 Å². The Bertz CT molecular complexity index is 523. The van der Waals surface area contributed by atoms with Crippen LogP contribution in [0.2, 0.25) is 0 Å². The molecule has 0 aliphatic rings. The Morgan fingerprint density at radius 2 is 1.84 bits per heavy atom. The number of benzene rings is 1. The van der Waals surface area contributed by atoms with Crippen molar-refractivity contribution in [3.05, 3.63) is 29.8 Å². The fourth-order valence-electron chi connectivity index (χ4n) is 1.26. The van der Waals surface area contributed by atoms with E-state index in [4.69, 9.17) is 0 Å². The number of nitrogens with one attached hydrogen (secondary N) is 2. The summed E-state index contributed by atoms with van der Waals surface area (Å²) in [6, 6.07) is 5.99. The zero-order chi connectivity index (χ0) is 14.5. The Labute approximate surface area is 113 Å². The molecule has 0 saturated heterocycles. The molecule has 0 aliphatic carbocycles. The van der Waals surface area contributed by atoms with Crippen molar-refractivity contribution in [1.82, 2.24) is 4.72 Å². The lowest BCUT2D eigenvalue weighted by Gasteiger charge is -2.11. The molecule has 7 heteroatoms. The molecule has 0 amide bonds. The molecule has 0 spiro atoms. The summed E-state index contributed by atoms with van der Waals surface area (Å²) in [7, 11) is -2.30. The number of carbonyl (C=O) groups excluding carboxylic acids is 1. The van der Waals surface area contributed by atoms with Crippen molar-refractivity contribution in [3.8, 4) is 0 Å². The van der Waals surface area contributed by atoms with Gasteiger partial charge in [-0.3, -0.25) is 4.72 Å².